The lowest BCUT2D eigenvalue weighted by Gasteiger charge is -2.12. The van der Waals surface area contributed by atoms with Crippen molar-refractivity contribution in [2.75, 3.05) is 0 Å². The third-order valence-corrected chi connectivity index (χ3v) is 5.30. The monoisotopic (exact) mass is 382 g/mol. The molecule has 0 fully saturated rings. The van der Waals surface area contributed by atoms with Gasteiger partial charge in [-0.05, 0) is 30.3 Å². The molecule has 6 heteroatoms. The summed E-state index contributed by atoms with van der Waals surface area (Å²) in [6.07, 6.45) is 1.96. The van der Waals surface area contributed by atoms with Crippen LogP contribution >= 0.6 is 23.2 Å². The van der Waals surface area contributed by atoms with Gasteiger partial charge in [-0.25, -0.2) is 4.79 Å². The lowest BCUT2D eigenvalue weighted by atomic mass is 10.0. The van der Waals surface area contributed by atoms with Crippen LogP contribution in [-0.2, 0) is 17.9 Å². The average molecular weight is 383 g/mol. The molecule has 0 saturated heterocycles. The number of aliphatic imine (C=N–C) groups is 1. The van der Waals surface area contributed by atoms with Crippen molar-refractivity contribution in [3.8, 4) is 5.69 Å². The minimum atomic E-state index is -0.287. The van der Waals surface area contributed by atoms with E-state index >= 15 is 0 Å². The number of hydrogen-bond donors (Lipinski definition) is 0. The van der Waals surface area contributed by atoms with Crippen LogP contribution in [0, 0.1) is 0 Å². The van der Waals surface area contributed by atoms with Gasteiger partial charge in [0.15, 0.2) is 0 Å². The molecule has 128 valence electrons. The predicted molar refractivity (Wildman–Crippen MR) is 101 cm³/mol. The van der Waals surface area contributed by atoms with E-state index in [-0.39, 0.29) is 5.97 Å². The number of halogens is 2. The third kappa shape index (κ3) is 2.30. The second kappa shape index (κ2) is 5.73. The van der Waals surface area contributed by atoms with Crippen LogP contribution in [0.25, 0.3) is 5.69 Å². The highest BCUT2D eigenvalue weighted by Crippen LogP contribution is 2.33. The molecule has 2 aliphatic rings. The van der Waals surface area contributed by atoms with E-state index in [9.17, 15) is 4.79 Å². The maximum atomic E-state index is 11.9. The van der Waals surface area contributed by atoms with E-state index in [0.29, 0.717) is 28.8 Å². The fraction of sp³-hybridized carbons (Fsp3) is 0.100. The summed E-state index contributed by atoms with van der Waals surface area (Å²) in [5.41, 5.74) is 5.95. The van der Waals surface area contributed by atoms with Gasteiger partial charge in [-0.2, -0.15) is 0 Å². The van der Waals surface area contributed by atoms with Crippen LogP contribution in [-0.4, -0.2) is 16.2 Å². The Morgan fingerprint density at radius 2 is 2.00 bits per heavy atom. The molecule has 0 saturated carbocycles. The molecule has 0 amide bonds. The van der Waals surface area contributed by atoms with Crippen LogP contribution in [0.5, 0.6) is 0 Å². The van der Waals surface area contributed by atoms with E-state index in [1.807, 2.05) is 47.2 Å². The summed E-state index contributed by atoms with van der Waals surface area (Å²) in [5.74, 6) is -0.287. The molecule has 4 nitrogen and oxygen atoms in total. The Labute approximate surface area is 159 Å². The maximum Gasteiger partial charge on any atom is 0.338 e. The highest BCUT2D eigenvalue weighted by molar-refractivity contribution is 6.35. The van der Waals surface area contributed by atoms with Crippen LogP contribution in [0.4, 0.5) is 0 Å². The minimum absolute atomic E-state index is 0.287. The summed E-state index contributed by atoms with van der Waals surface area (Å²) in [7, 11) is 0. The van der Waals surface area contributed by atoms with Crippen molar-refractivity contribution in [2.45, 2.75) is 13.2 Å². The molecule has 0 spiro atoms. The van der Waals surface area contributed by atoms with Gasteiger partial charge >= 0.3 is 5.97 Å². The Bertz CT molecular complexity index is 1110. The smallest absolute Gasteiger partial charge is 0.338 e. The molecule has 3 heterocycles. The van der Waals surface area contributed by atoms with Gasteiger partial charge in [-0.15, -0.1) is 0 Å². The second-order valence-electron chi connectivity index (χ2n) is 6.26. The summed E-state index contributed by atoms with van der Waals surface area (Å²) in [4.78, 5) is 16.7. The molecule has 3 aromatic rings. The van der Waals surface area contributed by atoms with Gasteiger partial charge in [0.05, 0.1) is 29.2 Å². The summed E-state index contributed by atoms with van der Waals surface area (Å²) < 4.78 is 7.14. The van der Waals surface area contributed by atoms with E-state index in [1.165, 1.54) is 0 Å². The van der Waals surface area contributed by atoms with Crippen molar-refractivity contribution in [1.29, 1.82) is 0 Å². The van der Waals surface area contributed by atoms with E-state index in [0.717, 1.165) is 33.8 Å². The molecular formula is C20H12Cl2N2O2. The van der Waals surface area contributed by atoms with E-state index in [4.69, 9.17) is 32.9 Å². The highest BCUT2D eigenvalue weighted by Gasteiger charge is 2.25. The number of hydrogen-bond acceptors (Lipinski definition) is 3. The Kier molecular flexibility index (Phi) is 3.45. The molecule has 0 bridgehead atoms. The van der Waals surface area contributed by atoms with Crippen molar-refractivity contribution >= 4 is 34.9 Å². The first-order valence-corrected chi connectivity index (χ1v) is 8.88. The second-order valence-corrected chi connectivity index (χ2v) is 7.11. The van der Waals surface area contributed by atoms with Gasteiger partial charge in [-0.1, -0.05) is 35.3 Å². The summed E-state index contributed by atoms with van der Waals surface area (Å²) in [5, 5.41) is 1.17. The summed E-state index contributed by atoms with van der Waals surface area (Å²) >= 11 is 12.6. The first-order valence-electron chi connectivity index (χ1n) is 8.13. The molecule has 1 aromatic heterocycles. The zero-order valence-corrected chi connectivity index (χ0v) is 15.0. The molecule has 0 N–H and O–H groups in total. The number of carbonyl (C=O) groups excluding carboxylic acids is 1. The van der Waals surface area contributed by atoms with Gasteiger partial charge in [0, 0.05) is 32.9 Å². The first-order chi connectivity index (χ1) is 12.6. The van der Waals surface area contributed by atoms with Gasteiger partial charge in [0.2, 0.25) is 0 Å². The van der Waals surface area contributed by atoms with Gasteiger partial charge in [-0.3, -0.25) is 4.99 Å². The molecule has 2 aliphatic heterocycles. The number of carbonyl (C=O) groups is 1. The molecule has 2 aromatic carbocycles. The number of aromatic nitrogens is 1. The van der Waals surface area contributed by atoms with E-state index in [1.54, 1.807) is 6.07 Å². The van der Waals surface area contributed by atoms with E-state index in [2.05, 4.69) is 0 Å². The number of benzene rings is 2. The maximum absolute atomic E-state index is 11.9. The molecule has 0 atom stereocenters. The van der Waals surface area contributed by atoms with Crippen molar-refractivity contribution < 1.29 is 9.53 Å². The number of nitrogens with zero attached hydrogens (tertiary/aromatic N) is 2. The zero-order chi connectivity index (χ0) is 17.8. The van der Waals surface area contributed by atoms with Crippen molar-refractivity contribution in [3.05, 3.63) is 86.7 Å². The standard InChI is InChI=1S/C20H12Cl2N2O2/c21-13-7-16(22)15-9-23-19(17-2-1-5-24(17)18(15)8-13)11-3-4-12-10-26-20(25)14(12)6-11/h1-8H,9-10H2. The van der Waals surface area contributed by atoms with Gasteiger partial charge < -0.3 is 9.30 Å². The average Bonchev–Trinajstić information content (AvgIpc) is 3.20. The number of rotatable bonds is 1. The van der Waals surface area contributed by atoms with Crippen LogP contribution < -0.4 is 0 Å². The fourth-order valence-corrected chi connectivity index (χ4v) is 4.03. The summed E-state index contributed by atoms with van der Waals surface area (Å²) in [6, 6.07) is 13.3. The van der Waals surface area contributed by atoms with Crippen molar-refractivity contribution in [2.24, 2.45) is 4.99 Å². The SMILES string of the molecule is O=C1OCc2ccc(C3=NCc4c(Cl)cc(Cl)cc4-n4cccc43)cc21. The minimum Gasteiger partial charge on any atom is -0.457 e. The number of fused-ring (bicyclic) bond motifs is 4. The van der Waals surface area contributed by atoms with Crippen LogP contribution in [0.3, 0.4) is 0 Å². The predicted octanol–water partition coefficient (Wildman–Crippen LogP) is 4.81. The molecule has 0 radical (unpaired) electrons. The van der Waals surface area contributed by atoms with Crippen LogP contribution in [0.15, 0.2) is 53.7 Å². The number of ether oxygens (including phenoxy) is 1. The first kappa shape index (κ1) is 15.7. The molecule has 26 heavy (non-hydrogen) atoms. The van der Waals surface area contributed by atoms with Gasteiger partial charge in [0.25, 0.3) is 0 Å². The van der Waals surface area contributed by atoms with Gasteiger partial charge in [0.1, 0.15) is 6.61 Å². The van der Waals surface area contributed by atoms with Crippen LogP contribution in [0.2, 0.25) is 10.0 Å². The lowest BCUT2D eigenvalue weighted by molar-refractivity contribution is 0.0535. The number of cyclic esters (lactones) is 1. The van der Waals surface area contributed by atoms with Crippen molar-refractivity contribution in [1.82, 2.24) is 4.57 Å². The Morgan fingerprint density at radius 3 is 2.88 bits per heavy atom. The van der Waals surface area contributed by atoms with Crippen molar-refractivity contribution in [3.63, 3.8) is 0 Å². The van der Waals surface area contributed by atoms with Crippen LogP contribution in [0.1, 0.15) is 32.7 Å². The third-order valence-electron chi connectivity index (χ3n) is 4.74. The molecule has 5 rings (SSSR count). The highest BCUT2D eigenvalue weighted by atomic mass is 35.5. The molecular weight excluding hydrogens is 371 g/mol. The molecule has 0 aliphatic carbocycles. The fourth-order valence-electron chi connectivity index (χ4n) is 3.48. The largest absolute Gasteiger partial charge is 0.457 e. The Hall–Kier alpha value is -2.56. The lowest BCUT2D eigenvalue weighted by Crippen LogP contribution is -2.09. The Morgan fingerprint density at radius 1 is 1.12 bits per heavy atom. The quantitative estimate of drug-likeness (QED) is 0.567. The topological polar surface area (TPSA) is 43.6 Å². The molecule has 0 unspecified atom stereocenters. The Balaban J connectivity index is 1.71. The van der Waals surface area contributed by atoms with E-state index < -0.39 is 0 Å². The zero-order valence-electron chi connectivity index (χ0n) is 13.5. The number of esters is 1. The normalized spacial score (nSPS) is 14.8. The summed E-state index contributed by atoms with van der Waals surface area (Å²) in [6.45, 7) is 0.765.